The molecule has 3 rings (SSSR count). The molecule has 0 radical (unpaired) electrons. The summed E-state index contributed by atoms with van der Waals surface area (Å²) in [4.78, 5) is 14.0. The molecular weight excluding hydrogens is 318 g/mol. The average molecular weight is 337 g/mol. The van der Waals surface area contributed by atoms with Crippen LogP contribution >= 0.6 is 0 Å². The summed E-state index contributed by atoms with van der Waals surface area (Å²) >= 11 is 0. The van der Waals surface area contributed by atoms with E-state index in [0.717, 1.165) is 16.6 Å². The number of benzene rings is 2. The summed E-state index contributed by atoms with van der Waals surface area (Å²) in [6, 6.07) is 13.1. The zero-order valence-corrected chi connectivity index (χ0v) is 14.2. The SMILES string of the molecule is C=CC(=O)N(Cc1cc(OC)c2occc2c1OC)c1ccccc1. The molecule has 0 spiro atoms. The number of carbonyl (C=O) groups excluding carboxylic acids is 1. The van der Waals surface area contributed by atoms with E-state index in [-0.39, 0.29) is 5.91 Å². The molecule has 0 aliphatic rings. The predicted molar refractivity (Wildman–Crippen MR) is 97.1 cm³/mol. The highest BCUT2D eigenvalue weighted by Gasteiger charge is 2.20. The Bertz CT molecular complexity index is 899. The van der Waals surface area contributed by atoms with Gasteiger partial charge >= 0.3 is 0 Å². The maximum absolute atomic E-state index is 12.4. The lowest BCUT2D eigenvalue weighted by Gasteiger charge is -2.23. The minimum Gasteiger partial charge on any atom is -0.496 e. The van der Waals surface area contributed by atoms with E-state index in [1.54, 1.807) is 25.4 Å². The number of anilines is 1. The van der Waals surface area contributed by atoms with Crippen LogP contribution in [-0.2, 0) is 11.3 Å². The predicted octanol–water partition coefficient (Wildman–Crippen LogP) is 4.17. The maximum atomic E-state index is 12.4. The van der Waals surface area contributed by atoms with Crippen LogP contribution in [0.15, 0.2) is 65.8 Å². The third-order valence-corrected chi connectivity index (χ3v) is 3.99. The van der Waals surface area contributed by atoms with Gasteiger partial charge in [-0.25, -0.2) is 0 Å². The Morgan fingerprint density at radius 1 is 1.20 bits per heavy atom. The van der Waals surface area contributed by atoms with Crippen LogP contribution in [0, 0.1) is 0 Å². The molecule has 0 fully saturated rings. The number of para-hydroxylation sites is 1. The van der Waals surface area contributed by atoms with Gasteiger partial charge in [-0.15, -0.1) is 0 Å². The van der Waals surface area contributed by atoms with E-state index in [1.807, 2.05) is 42.5 Å². The molecule has 3 aromatic rings. The van der Waals surface area contributed by atoms with Gasteiger partial charge in [-0.2, -0.15) is 0 Å². The van der Waals surface area contributed by atoms with Crippen molar-refractivity contribution in [2.24, 2.45) is 0 Å². The monoisotopic (exact) mass is 337 g/mol. The minimum absolute atomic E-state index is 0.195. The van der Waals surface area contributed by atoms with Gasteiger partial charge < -0.3 is 18.8 Å². The van der Waals surface area contributed by atoms with Crippen molar-refractivity contribution in [3.05, 3.63) is 66.9 Å². The Hall–Kier alpha value is -3.21. The Morgan fingerprint density at radius 3 is 2.60 bits per heavy atom. The number of rotatable bonds is 6. The zero-order valence-electron chi connectivity index (χ0n) is 14.2. The number of hydrogen-bond donors (Lipinski definition) is 0. The number of amides is 1. The first kappa shape index (κ1) is 16.6. The molecule has 25 heavy (non-hydrogen) atoms. The number of furan rings is 1. The zero-order chi connectivity index (χ0) is 17.8. The lowest BCUT2D eigenvalue weighted by Crippen LogP contribution is -2.28. The van der Waals surface area contributed by atoms with Crippen molar-refractivity contribution in [1.82, 2.24) is 0 Å². The first-order chi connectivity index (χ1) is 12.2. The summed E-state index contributed by atoms with van der Waals surface area (Å²) < 4.78 is 16.5. The average Bonchev–Trinajstić information content (AvgIpc) is 3.15. The highest BCUT2D eigenvalue weighted by molar-refractivity contribution is 6.01. The standard InChI is InChI=1S/C20H19NO4/c1-4-18(22)21(15-8-6-5-7-9-15)13-14-12-17(23-2)20-16(10-11-25-20)19(14)24-3/h4-12H,1,13H2,2-3H3. The van der Waals surface area contributed by atoms with E-state index in [0.29, 0.717) is 23.6 Å². The van der Waals surface area contributed by atoms with Crippen molar-refractivity contribution in [2.45, 2.75) is 6.54 Å². The number of nitrogens with zero attached hydrogens (tertiary/aromatic N) is 1. The quantitative estimate of drug-likeness (QED) is 0.634. The molecule has 1 heterocycles. The molecular formula is C20H19NO4. The Balaban J connectivity index is 2.10. The summed E-state index contributed by atoms with van der Waals surface area (Å²) in [5, 5.41) is 0.802. The Morgan fingerprint density at radius 2 is 1.96 bits per heavy atom. The second-order valence-corrected chi connectivity index (χ2v) is 5.40. The molecule has 5 nitrogen and oxygen atoms in total. The molecule has 1 amide bonds. The number of hydrogen-bond acceptors (Lipinski definition) is 4. The highest BCUT2D eigenvalue weighted by atomic mass is 16.5. The van der Waals surface area contributed by atoms with Gasteiger partial charge in [0.1, 0.15) is 5.75 Å². The number of ether oxygens (including phenoxy) is 2. The van der Waals surface area contributed by atoms with Crippen molar-refractivity contribution in [3.8, 4) is 11.5 Å². The molecule has 128 valence electrons. The maximum Gasteiger partial charge on any atom is 0.250 e. The summed E-state index contributed by atoms with van der Waals surface area (Å²) in [5.41, 5.74) is 2.21. The van der Waals surface area contributed by atoms with Gasteiger partial charge in [0.05, 0.1) is 32.4 Å². The molecule has 1 aromatic heterocycles. The smallest absolute Gasteiger partial charge is 0.250 e. The van der Waals surface area contributed by atoms with Crippen molar-refractivity contribution in [3.63, 3.8) is 0 Å². The molecule has 0 saturated heterocycles. The fourth-order valence-corrected chi connectivity index (χ4v) is 2.84. The molecule has 0 N–H and O–H groups in total. The summed E-state index contributed by atoms with van der Waals surface area (Å²) in [6.45, 7) is 3.92. The summed E-state index contributed by atoms with van der Waals surface area (Å²) in [5.74, 6) is 1.05. The van der Waals surface area contributed by atoms with Crippen LogP contribution in [0.3, 0.4) is 0 Å². The Kier molecular flexibility index (Phi) is 4.75. The van der Waals surface area contributed by atoms with Gasteiger partial charge in [-0.1, -0.05) is 24.8 Å². The van der Waals surface area contributed by atoms with E-state index in [9.17, 15) is 4.79 Å². The second-order valence-electron chi connectivity index (χ2n) is 5.40. The molecule has 2 aromatic carbocycles. The molecule has 0 aliphatic carbocycles. The first-order valence-corrected chi connectivity index (χ1v) is 7.79. The summed E-state index contributed by atoms with van der Waals surface area (Å²) in [7, 11) is 3.18. The molecule has 5 heteroatoms. The van der Waals surface area contributed by atoms with Crippen LogP contribution in [0.25, 0.3) is 11.0 Å². The minimum atomic E-state index is -0.195. The van der Waals surface area contributed by atoms with Crippen molar-refractivity contribution in [2.75, 3.05) is 19.1 Å². The number of methoxy groups -OCH3 is 2. The topological polar surface area (TPSA) is 51.9 Å². The van der Waals surface area contributed by atoms with Crippen LogP contribution < -0.4 is 14.4 Å². The molecule has 0 aliphatic heterocycles. The lowest BCUT2D eigenvalue weighted by molar-refractivity contribution is -0.114. The van der Waals surface area contributed by atoms with Crippen molar-refractivity contribution < 1.29 is 18.7 Å². The second kappa shape index (κ2) is 7.13. The van der Waals surface area contributed by atoms with E-state index in [2.05, 4.69) is 6.58 Å². The highest BCUT2D eigenvalue weighted by Crippen LogP contribution is 2.38. The normalized spacial score (nSPS) is 10.5. The molecule has 0 unspecified atom stereocenters. The van der Waals surface area contributed by atoms with Crippen molar-refractivity contribution in [1.29, 1.82) is 0 Å². The van der Waals surface area contributed by atoms with Gasteiger partial charge in [0.2, 0.25) is 0 Å². The van der Waals surface area contributed by atoms with Crippen LogP contribution in [0.2, 0.25) is 0 Å². The molecule has 0 bridgehead atoms. The third-order valence-electron chi connectivity index (χ3n) is 3.99. The number of carbonyl (C=O) groups is 1. The fourth-order valence-electron chi connectivity index (χ4n) is 2.84. The first-order valence-electron chi connectivity index (χ1n) is 7.79. The van der Waals surface area contributed by atoms with Crippen LogP contribution in [0.1, 0.15) is 5.56 Å². The largest absolute Gasteiger partial charge is 0.496 e. The van der Waals surface area contributed by atoms with E-state index < -0.39 is 0 Å². The van der Waals surface area contributed by atoms with Crippen LogP contribution in [-0.4, -0.2) is 20.1 Å². The van der Waals surface area contributed by atoms with Gasteiger partial charge in [0.15, 0.2) is 11.3 Å². The van der Waals surface area contributed by atoms with E-state index in [4.69, 9.17) is 13.9 Å². The van der Waals surface area contributed by atoms with Gasteiger partial charge in [-0.05, 0) is 30.3 Å². The summed E-state index contributed by atoms with van der Waals surface area (Å²) in [6.07, 6.45) is 2.89. The fraction of sp³-hybridized carbons (Fsp3) is 0.150. The number of fused-ring (bicyclic) bond motifs is 1. The lowest BCUT2D eigenvalue weighted by atomic mass is 10.1. The van der Waals surface area contributed by atoms with Gasteiger partial charge in [0, 0.05) is 11.3 Å². The Labute approximate surface area is 146 Å². The molecule has 0 atom stereocenters. The van der Waals surface area contributed by atoms with Gasteiger partial charge in [-0.3, -0.25) is 4.79 Å². The third kappa shape index (κ3) is 3.08. The van der Waals surface area contributed by atoms with E-state index >= 15 is 0 Å². The van der Waals surface area contributed by atoms with E-state index in [1.165, 1.54) is 6.08 Å². The molecule has 0 saturated carbocycles. The van der Waals surface area contributed by atoms with Gasteiger partial charge in [0.25, 0.3) is 5.91 Å². The van der Waals surface area contributed by atoms with Crippen molar-refractivity contribution >= 4 is 22.6 Å². The van der Waals surface area contributed by atoms with Crippen LogP contribution in [0.5, 0.6) is 11.5 Å². The van der Waals surface area contributed by atoms with Crippen LogP contribution in [0.4, 0.5) is 5.69 Å².